The molecular formula is C25H30N4O6S2. The van der Waals surface area contributed by atoms with Gasteiger partial charge in [-0.2, -0.15) is 0 Å². The summed E-state index contributed by atoms with van der Waals surface area (Å²) in [4.78, 5) is 20.8. The number of nitrogens with zero attached hydrogens (tertiary/aromatic N) is 2. The van der Waals surface area contributed by atoms with Crippen LogP contribution in [0.25, 0.3) is 10.4 Å². The van der Waals surface area contributed by atoms with Crippen molar-refractivity contribution < 1.29 is 27.8 Å². The van der Waals surface area contributed by atoms with Crippen molar-refractivity contribution >= 4 is 38.1 Å². The fourth-order valence-electron chi connectivity index (χ4n) is 4.27. The monoisotopic (exact) mass is 546 g/mol. The van der Waals surface area contributed by atoms with Gasteiger partial charge in [-0.1, -0.05) is 11.3 Å². The maximum absolute atomic E-state index is 13.4. The first kappa shape index (κ1) is 26.8. The van der Waals surface area contributed by atoms with Gasteiger partial charge in [0.15, 0.2) is 5.13 Å². The van der Waals surface area contributed by atoms with Crippen molar-refractivity contribution in [3.63, 3.8) is 0 Å². The number of rotatable bonds is 9. The standard InChI is InChI=1S/C25H30N4O6S2/c1-14-11-18(24(30)31)5-6-20(14)29-37(32,33)21-12-19(13-26-23(21)34-4)22-16(3)28-25(36-22)27-15(2)17-7-9-35-10-8-17/h5-6,11-13,15,17,29H,7-10H2,1-4H3,(H,27,28)(H,30,31). The van der Waals surface area contributed by atoms with E-state index < -0.39 is 16.0 Å². The molecule has 3 N–H and O–H groups in total. The number of carboxylic acid groups (broad SMARTS) is 1. The molecular weight excluding hydrogens is 516 g/mol. The summed E-state index contributed by atoms with van der Waals surface area (Å²) in [6, 6.07) is 5.91. The normalized spacial score (nSPS) is 15.2. The molecule has 1 aromatic carbocycles. The quantitative estimate of drug-likeness (QED) is 0.352. The number of aromatic carboxylic acids is 1. The molecule has 1 aliphatic heterocycles. The minimum absolute atomic E-state index is 0.0512. The number of ether oxygens (including phenoxy) is 2. The summed E-state index contributed by atoms with van der Waals surface area (Å²) < 4.78 is 40.0. The van der Waals surface area contributed by atoms with Crippen LogP contribution in [0, 0.1) is 19.8 Å². The molecule has 1 saturated heterocycles. The summed E-state index contributed by atoms with van der Waals surface area (Å²) in [6.07, 6.45) is 3.57. The van der Waals surface area contributed by atoms with Crippen LogP contribution in [0.4, 0.5) is 10.8 Å². The van der Waals surface area contributed by atoms with Crippen LogP contribution in [0.3, 0.4) is 0 Å². The Morgan fingerprint density at radius 3 is 2.62 bits per heavy atom. The van der Waals surface area contributed by atoms with E-state index in [4.69, 9.17) is 9.47 Å². The van der Waals surface area contributed by atoms with Gasteiger partial charge in [0, 0.05) is 31.0 Å². The number of benzene rings is 1. The molecule has 198 valence electrons. The van der Waals surface area contributed by atoms with Gasteiger partial charge in [0.2, 0.25) is 5.88 Å². The lowest BCUT2D eigenvalue weighted by molar-refractivity contribution is 0.0622. The molecule has 0 bridgehead atoms. The zero-order valence-corrected chi connectivity index (χ0v) is 22.7. The van der Waals surface area contributed by atoms with Gasteiger partial charge in [0.25, 0.3) is 10.0 Å². The van der Waals surface area contributed by atoms with E-state index in [-0.39, 0.29) is 28.1 Å². The Bertz CT molecular complexity index is 1400. The predicted octanol–water partition coefficient (Wildman–Crippen LogP) is 4.56. The molecule has 2 aromatic heterocycles. The van der Waals surface area contributed by atoms with E-state index in [9.17, 15) is 18.3 Å². The van der Waals surface area contributed by atoms with Gasteiger partial charge in [-0.25, -0.2) is 23.2 Å². The number of sulfonamides is 1. The summed E-state index contributed by atoms with van der Waals surface area (Å²) in [6.45, 7) is 7.19. The van der Waals surface area contributed by atoms with E-state index in [0.717, 1.165) is 41.8 Å². The van der Waals surface area contributed by atoms with Gasteiger partial charge in [-0.3, -0.25) is 4.72 Å². The number of carbonyl (C=O) groups is 1. The highest BCUT2D eigenvalue weighted by Gasteiger charge is 2.25. The molecule has 1 unspecified atom stereocenters. The van der Waals surface area contributed by atoms with Crippen molar-refractivity contribution in [3.05, 3.63) is 47.3 Å². The van der Waals surface area contributed by atoms with Gasteiger partial charge >= 0.3 is 5.97 Å². The number of thiazole rings is 1. The Morgan fingerprint density at radius 2 is 1.97 bits per heavy atom. The highest BCUT2D eigenvalue weighted by atomic mass is 32.2. The third-order valence-electron chi connectivity index (χ3n) is 6.40. The molecule has 37 heavy (non-hydrogen) atoms. The molecule has 0 radical (unpaired) electrons. The molecule has 1 atom stereocenters. The minimum Gasteiger partial charge on any atom is -0.480 e. The van der Waals surface area contributed by atoms with Crippen molar-refractivity contribution in [2.24, 2.45) is 5.92 Å². The van der Waals surface area contributed by atoms with Crippen LogP contribution in [0.2, 0.25) is 0 Å². The lowest BCUT2D eigenvalue weighted by Crippen LogP contribution is -2.30. The molecule has 3 aromatic rings. The Labute approximate surface area is 220 Å². The first-order valence-corrected chi connectivity index (χ1v) is 14.1. The second-order valence-corrected chi connectivity index (χ2v) is 11.6. The number of anilines is 2. The first-order chi connectivity index (χ1) is 17.6. The second-order valence-electron chi connectivity index (χ2n) is 8.99. The Balaban J connectivity index is 1.61. The van der Waals surface area contributed by atoms with Gasteiger partial charge in [0.05, 0.1) is 28.9 Å². The summed E-state index contributed by atoms with van der Waals surface area (Å²) >= 11 is 1.44. The smallest absolute Gasteiger partial charge is 0.335 e. The van der Waals surface area contributed by atoms with Gasteiger partial charge in [-0.05, 0) is 69.4 Å². The van der Waals surface area contributed by atoms with Crippen LogP contribution < -0.4 is 14.8 Å². The second kappa shape index (κ2) is 11.0. The van der Waals surface area contributed by atoms with E-state index >= 15 is 0 Å². The molecule has 3 heterocycles. The third kappa shape index (κ3) is 6.03. The van der Waals surface area contributed by atoms with Crippen LogP contribution in [0.5, 0.6) is 5.88 Å². The van der Waals surface area contributed by atoms with E-state index in [2.05, 4.69) is 26.9 Å². The van der Waals surface area contributed by atoms with E-state index in [0.29, 0.717) is 17.0 Å². The lowest BCUT2D eigenvalue weighted by Gasteiger charge is -2.28. The Kier molecular flexibility index (Phi) is 8.00. The number of aromatic nitrogens is 2. The average molecular weight is 547 g/mol. The van der Waals surface area contributed by atoms with E-state index in [1.165, 1.54) is 42.7 Å². The lowest BCUT2D eigenvalue weighted by atomic mass is 9.93. The molecule has 10 nitrogen and oxygen atoms in total. The fraction of sp³-hybridized carbons (Fsp3) is 0.400. The summed E-state index contributed by atoms with van der Waals surface area (Å²) in [7, 11) is -2.76. The molecule has 4 rings (SSSR count). The first-order valence-electron chi connectivity index (χ1n) is 11.8. The number of methoxy groups -OCH3 is 1. The van der Waals surface area contributed by atoms with Crippen molar-refractivity contribution in [1.29, 1.82) is 0 Å². The van der Waals surface area contributed by atoms with Crippen molar-refractivity contribution in [1.82, 2.24) is 9.97 Å². The van der Waals surface area contributed by atoms with Crippen LogP contribution >= 0.6 is 11.3 Å². The molecule has 0 aliphatic carbocycles. The minimum atomic E-state index is -4.11. The Morgan fingerprint density at radius 1 is 1.24 bits per heavy atom. The molecule has 0 spiro atoms. The third-order valence-corrected chi connectivity index (χ3v) is 8.90. The van der Waals surface area contributed by atoms with Crippen LogP contribution in [-0.2, 0) is 14.8 Å². The largest absolute Gasteiger partial charge is 0.480 e. The van der Waals surface area contributed by atoms with Crippen molar-refractivity contribution in [3.8, 4) is 16.3 Å². The molecule has 12 heteroatoms. The van der Waals surface area contributed by atoms with Gasteiger partial charge in [-0.15, -0.1) is 0 Å². The number of nitrogens with one attached hydrogen (secondary N) is 2. The Hall–Kier alpha value is -3.22. The highest BCUT2D eigenvalue weighted by Crippen LogP contribution is 2.37. The average Bonchev–Trinajstić information content (AvgIpc) is 3.24. The summed E-state index contributed by atoms with van der Waals surface area (Å²) in [5.41, 5.74) is 2.16. The molecule has 1 fully saturated rings. The molecule has 0 saturated carbocycles. The number of hydrogen-bond donors (Lipinski definition) is 3. The molecule has 0 amide bonds. The highest BCUT2D eigenvalue weighted by molar-refractivity contribution is 7.92. The van der Waals surface area contributed by atoms with Crippen LogP contribution in [-0.4, -0.2) is 55.8 Å². The van der Waals surface area contributed by atoms with Gasteiger partial charge < -0.3 is 19.9 Å². The maximum atomic E-state index is 13.4. The topological polar surface area (TPSA) is 140 Å². The van der Waals surface area contributed by atoms with Crippen LogP contribution in [0.1, 0.15) is 41.4 Å². The number of hydrogen-bond acceptors (Lipinski definition) is 9. The number of carboxylic acids is 1. The number of aryl methyl sites for hydroxylation is 2. The zero-order chi connectivity index (χ0) is 26.7. The summed E-state index contributed by atoms with van der Waals surface area (Å²) in [5.74, 6) is -0.642. The van der Waals surface area contributed by atoms with Crippen molar-refractivity contribution in [2.45, 2.75) is 44.6 Å². The predicted molar refractivity (Wildman–Crippen MR) is 142 cm³/mol. The summed E-state index contributed by atoms with van der Waals surface area (Å²) in [5, 5.41) is 13.4. The van der Waals surface area contributed by atoms with Gasteiger partial charge in [0.1, 0.15) is 4.90 Å². The fourth-order valence-corrected chi connectivity index (χ4v) is 6.59. The van der Waals surface area contributed by atoms with E-state index in [1.54, 1.807) is 13.1 Å². The number of pyridine rings is 1. The molecule has 1 aliphatic rings. The zero-order valence-electron chi connectivity index (χ0n) is 21.1. The maximum Gasteiger partial charge on any atom is 0.335 e. The van der Waals surface area contributed by atoms with E-state index in [1.807, 2.05) is 6.92 Å². The SMILES string of the molecule is COc1ncc(-c2sc(NC(C)C3CCOCC3)nc2C)cc1S(=O)(=O)Nc1ccc(C(=O)O)cc1C. The van der Waals surface area contributed by atoms with Crippen LogP contribution in [0.15, 0.2) is 35.4 Å². The van der Waals surface area contributed by atoms with Crippen molar-refractivity contribution in [2.75, 3.05) is 30.4 Å².